The molecule has 0 amide bonds. The van der Waals surface area contributed by atoms with Gasteiger partial charge in [0.05, 0.1) is 22.5 Å². The normalized spacial score (nSPS) is 13.9. The zero-order chi connectivity index (χ0) is 14.8. The molecule has 6 heteroatoms. The highest BCUT2D eigenvalue weighted by atomic mass is 16.6. The van der Waals surface area contributed by atoms with Crippen LogP contribution < -0.4 is 5.32 Å². The number of aliphatic hydroxyl groups is 1. The van der Waals surface area contributed by atoms with Gasteiger partial charge < -0.3 is 10.4 Å². The Bertz CT molecular complexity index is 639. The molecule has 0 saturated heterocycles. The van der Waals surface area contributed by atoms with Gasteiger partial charge in [0.25, 0.3) is 5.69 Å². The Balaban J connectivity index is 2.56. The van der Waals surface area contributed by atoms with E-state index in [1.54, 1.807) is 18.3 Å². The van der Waals surface area contributed by atoms with Crippen LogP contribution in [-0.2, 0) is 0 Å². The number of aromatic nitrogens is 1. The number of pyridine rings is 1. The molecular weight excluding hydrogens is 258 g/mol. The molecule has 0 aliphatic carbocycles. The maximum Gasteiger partial charge on any atom is 0.277 e. The number of hydrogen-bond acceptors (Lipinski definition) is 5. The second-order valence-corrected chi connectivity index (χ2v) is 5.01. The highest BCUT2D eigenvalue weighted by Gasteiger charge is 2.22. The summed E-state index contributed by atoms with van der Waals surface area (Å²) in [5.74, 6) is 0. The van der Waals surface area contributed by atoms with Gasteiger partial charge in [-0.2, -0.15) is 0 Å². The van der Waals surface area contributed by atoms with Crippen molar-refractivity contribution in [2.45, 2.75) is 25.8 Å². The third kappa shape index (κ3) is 2.55. The summed E-state index contributed by atoms with van der Waals surface area (Å²) in [5, 5.41) is 25.0. The fourth-order valence-electron chi connectivity index (χ4n) is 2.01. The Kier molecular flexibility index (Phi) is 3.85. The van der Waals surface area contributed by atoms with Gasteiger partial charge in [-0.25, -0.2) is 0 Å². The van der Waals surface area contributed by atoms with Crippen molar-refractivity contribution in [1.29, 1.82) is 0 Å². The lowest BCUT2D eigenvalue weighted by Crippen LogP contribution is -2.38. The van der Waals surface area contributed by atoms with E-state index in [9.17, 15) is 15.2 Å². The molecule has 1 aromatic carbocycles. The first kappa shape index (κ1) is 14.2. The van der Waals surface area contributed by atoms with Crippen LogP contribution in [0.25, 0.3) is 10.8 Å². The summed E-state index contributed by atoms with van der Waals surface area (Å²) in [6.45, 7) is 3.84. The number of hydrogen-bond donors (Lipinski definition) is 2. The van der Waals surface area contributed by atoms with Crippen molar-refractivity contribution in [1.82, 2.24) is 4.98 Å². The van der Waals surface area contributed by atoms with Crippen molar-refractivity contribution in [3.05, 3.63) is 40.7 Å². The number of nitrogens with one attached hydrogen (secondary N) is 1. The number of non-ortho nitro benzene ring substituents is 1. The Hall–Kier alpha value is -2.21. The average molecular weight is 275 g/mol. The van der Waals surface area contributed by atoms with Gasteiger partial charge in [-0.3, -0.25) is 15.1 Å². The van der Waals surface area contributed by atoms with E-state index in [-0.39, 0.29) is 12.3 Å². The van der Waals surface area contributed by atoms with E-state index < -0.39 is 10.5 Å². The van der Waals surface area contributed by atoms with Crippen LogP contribution in [0.4, 0.5) is 11.4 Å². The second kappa shape index (κ2) is 5.42. The maximum atomic E-state index is 11.0. The van der Waals surface area contributed by atoms with Crippen molar-refractivity contribution in [3.63, 3.8) is 0 Å². The largest absolute Gasteiger partial charge is 0.394 e. The highest BCUT2D eigenvalue weighted by molar-refractivity contribution is 5.99. The number of aliphatic hydroxyl groups excluding tert-OH is 1. The van der Waals surface area contributed by atoms with Crippen LogP contribution in [0, 0.1) is 10.1 Å². The molecule has 0 aliphatic heterocycles. The monoisotopic (exact) mass is 275 g/mol. The predicted molar refractivity (Wildman–Crippen MR) is 77.8 cm³/mol. The van der Waals surface area contributed by atoms with E-state index in [0.717, 1.165) is 12.1 Å². The topological polar surface area (TPSA) is 88.3 Å². The molecule has 1 heterocycles. The van der Waals surface area contributed by atoms with Gasteiger partial charge in [-0.05, 0) is 25.5 Å². The zero-order valence-electron chi connectivity index (χ0n) is 11.5. The molecule has 106 valence electrons. The molecule has 0 fully saturated rings. The molecule has 0 bridgehead atoms. The minimum atomic E-state index is -0.473. The minimum absolute atomic E-state index is 0.0256. The Morgan fingerprint density at radius 2 is 2.15 bits per heavy atom. The standard InChI is InChI=1S/C14H17N3O3/c1-3-14(2,9-18)16-12-4-5-13(17(19)20)10-6-7-15-8-11(10)12/h4-8,16,18H,3,9H2,1-2H3. The van der Waals surface area contributed by atoms with Crippen molar-refractivity contribution in [2.75, 3.05) is 11.9 Å². The summed E-state index contributed by atoms with van der Waals surface area (Å²) < 4.78 is 0. The van der Waals surface area contributed by atoms with E-state index in [4.69, 9.17) is 0 Å². The highest BCUT2D eigenvalue weighted by Crippen LogP contribution is 2.32. The Morgan fingerprint density at radius 1 is 1.40 bits per heavy atom. The van der Waals surface area contributed by atoms with Gasteiger partial charge in [-0.1, -0.05) is 6.92 Å². The van der Waals surface area contributed by atoms with Crippen LogP contribution in [0.2, 0.25) is 0 Å². The third-order valence-corrected chi connectivity index (χ3v) is 3.56. The van der Waals surface area contributed by atoms with E-state index in [1.165, 1.54) is 12.3 Å². The summed E-state index contributed by atoms with van der Waals surface area (Å²) in [4.78, 5) is 14.7. The summed E-state index contributed by atoms with van der Waals surface area (Å²) >= 11 is 0. The van der Waals surface area contributed by atoms with Gasteiger partial charge in [0, 0.05) is 29.5 Å². The maximum absolute atomic E-state index is 11.0. The van der Waals surface area contributed by atoms with Crippen molar-refractivity contribution >= 4 is 22.1 Å². The lowest BCUT2D eigenvalue weighted by Gasteiger charge is -2.29. The first-order valence-corrected chi connectivity index (χ1v) is 6.41. The Morgan fingerprint density at radius 3 is 2.75 bits per heavy atom. The molecule has 6 nitrogen and oxygen atoms in total. The van der Waals surface area contributed by atoms with Crippen LogP contribution in [-0.4, -0.2) is 27.2 Å². The Labute approximate surface area is 116 Å². The molecule has 0 spiro atoms. The number of fused-ring (bicyclic) bond motifs is 1. The summed E-state index contributed by atoms with van der Waals surface area (Å²) in [6, 6.07) is 4.75. The smallest absolute Gasteiger partial charge is 0.277 e. The molecule has 1 unspecified atom stereocenters. The van der Waals surface area contributed by atoms with Gasteiger partial charge >= 0.3 is 0 Å². The fraction of sp³-hybridized carbons (Fsp3) is 0.357. The quantitative estimate of drug-likeness (QED) is 0.647. The lowest BCUT2D eigenvalue weighted by molar-refractivity contribution is -0.383. The second-order valence-electron chi connectivity index (χ2n) is 5.01. The number of benzene rings is 1. The van der Waals surface area contributed by atoms with E-state index in [1.807, 2.05) is 13.8 Å². The molecule has 2 aromatic rings. The number of nitro groups is 1. The van der Waals surface area contributed by atoms with Gasteiger partial charge in [0.15, 0.2) is 0 Å². The predicted octanol–water partition coefficient (Wildman–Crippen LogP) is 2.72. The van der Waals surface area contributed by atoms with Gasteiger partial charge in [0.1, 0.15) is 0 Å². The summed E-state index contributed by atoms with van der Waals surface area (Å²) in [5.41, 5.74) is 0.311. The van der Waals surface area contributed by atoms with Crippen molar-refractivity contribution < 1.29 is 10.0 Å². The van der Waals surface area contributed by atoms with Crippen LogP contribution in [0.1, 0.15) is 20.3 Å². The zero-order valence-corrected chi connectivity index (χ0v) is 11.5. The first-order valence-electron chi connectivity index (χ1n) is 6.41. The van der Waals surface area contributed by atoms with Gasteiger partial charge in [-0.15, -0.1) is 0 Å². The molecule has 0 saturated carbocycles. The summed E-state index contributed by atoms with van der Waals surface area (Å²) in [7, 11) is 0. The molecule has 2 rings (SSSR count). The van der Waals surface area contributed by atoms with E-state index >= 15 is 0 Å². The SMILES string of the molecule is CCC(C)(CO)Nc1ccc([N+](=O)[O-])c2ccncc12. The first-order chi connectivity index (χ1) is 9.50. The van der Waals surface area contributed by atoms with Crippen LogP contribution in [0.15, 0.2) is 30.6 Å². The molecule has 20 heavy (non-hydrogen) atoms. The number of nitro benzene ring substituents is 1. The van der Waals surface area contributed by atoms with Crippen molar-refractivity contribution in [2.24, 2.45) is 0 Å². The number of nitrogens with zero attached hydrogens (tertiary/aromatic N) is 2. The molecule has 0 radical (unpaired) electrons. The third-order valence-electron chi connectivity index (χ3n) is 3.56. The average Bonchev–Trinajstić information content (AvgIpc) is 2.47. The van der Waals surface area contributed by atoms with Crippen LogP contribution >= 0.6 is 0 Å². The van der Waals surface area contributed by atoms with Gasteiger partial charge in [0.2, 0.25) is 0 Å². The van der Waals surface area contributed by atoms with E-state index in [2.05, 4.69) is 10.3 Å². The minimum Gasteiger partial charge on any atom is -0.394 e. The lowest BCUT2D eigenvalue weighted by atomic mass is 9.98. The molecule has 0 aliphatic rings. The summed E-state index contributed by atoms with van der Waals surface area (Å²) in [6.07, 6.45) is 3.85. The van der Waals surface area contributed by atoms with Crippen LogP contribution in [0.5, 0.6) is 0 Å². The van der Waals surface area contributed by atoms with Crippen molar-refractivity contribution in [3.8, 4) is 0 Å². The fourth-order valence-corrected chi connectivity index (χ4v) is 2.01. The van der Waals surface area contributed by atoms with Crippen LogP contribution in [0.3, 0.4) is 0 Å². The van der Waals surface area contributed by atoms with E-state index in [0.29, 0.717) is 10.8 Å². The molecule has 1 aromatic heterocycles. The molecule has 1 atom stereocenters. The molecule has 2 N–H and O–H groups in total. The number of anilines is 1. The molecular formula is C14H17N3O3. The number of rotatable bonds is 5.